The summed E-state index contributed by atoms with van der Waals surface area (Å²) in [6.07, 6.45) is 0. The SMILES string of the molecule is N#Cc1cccc(C(=S=O)c2nc3ccc(Cl)cc3o2)c1. The van der Waals surface area contributed by atoms with Crippen LogP contribution in [0.3, 0.4) is 0 Å². The van der Waals surface area contributed by atoms with Gasteiger partial charge in [-0.05, 0) is 24.3 Å². The highest BCUT2D eigenvalue weighted by Gasteiger charge is 2.15. The van der Waals surface area contributed by atoms with E-state index in [1.54, 1.807) is 42.5 Å². The van der Waals surface area contributed by atoms with E-state index in [9.17, 15) is 4.21 Å². The lowest BCUT2D eigenvalue weighted by Crippen LogP contribution is -2.03. The summed E-state index contributed by atoms with van der Waals surface area (Å²) in [4.78, 5) is 4.62. The number of rotatable bonds is 2. The Kier molecular flexibility index (Phi) is 3.57. The van der Waals surface area contributed by atoms with Crippen molar-refractivity contribution in [1.82, 2.24) is 4.98 Å². The first-order valence-corrected chi connectivity index (χ1v) is 7.07. The van der Waals surface area contributed by atoms with Crippen LogP contribution in [0, 0.1) is 11.3 Å². The molecule has 0 atom stereocenters. The van der Waals surface area contributed by atoms with Gasteiger partial charge in [-0.2, -0.15) is 5.26 Å². The van der Waals surface area contributed by atoms with Gasteiger partial charge in [0.2, 0.25) is 5.89 Å². The van der Waals surface area contributed by atoms with E-state index in [0.29, 0.717) is 32.1 Å². The normalized spacial score (nSPS) is 10.3. The van der Waals surface area contributed by atoms with E-state index in [4.69, 9.17) is 21.3 Å². The lowest BCUT2D eigenvalue weighted by atomic mass is 10.1. The minimum atomic E-state index is 0.224. The van der Waals surface area contributed by atoms with Gasteiger partial charge in [0.15, 0.2) is 5.58 Å². The molecule has 0 amide bonds. The third-order valence-electron chi connectivity index (χ3n) is 2.88. The average molecular weight is 315 g/mol. The van der Waals surface area contributed by atoms with E-state index < -0.39 is 0 Å². The van der Waals surface area contributed by atoms with Crippen LogP contribution in [0.15, 0.2) is 46.9 Å². The second-order valence-corrected chi connectivity index (χ2v) is 5.25. The van der Waals surface area contributed by atoms with Gasteiger partial charge in [0.05, 0.1) is 11.6 Å². The predicted octanol–water partition coefficient (Wildman–Crippen LogP) is 3.13. The Balaban J connectivity index is 2.14. The van der Waals surface area contributed by atoms with Crippen molar-refractivity contribution >= 4 is 38.8 Å². The van der Waals surface area contributed by atoms with Crippen molar-refractivity contribution in [2.24, 2.45) is 0 Å². The number of benzene rings is 2. The summed E-state index contributed by atoms with van der Waals surface area (Å²) in [5.74, 6) is 0.224. The number of nitrogens with zero attached hydrogens (tertiary/aromatic N) is 2. The van der Waals surface area contributed by atoms with Crippen molar-refractivity contribution in [2.75, 3.05) is 0 Å². The van der Waals surface area contributed by atoms with Gasteiger partial charge >= 0.3 is 0 Å². The Labute approximate surface area is 128 Å². The molecule has 6 heteroatoms. The van der Waals surface area contributed by atoms with Crippen molar-refractivity contribution in [2.45, 2.75) is 0 Å². The number of oxazole rings is 1. The van der Waals surface area contributed by atoms with Crippen LogP contribution in [0.1, 0.15) is 17.0 Å². The highest BCUT2D eigenvalue weighted by molar-refractivity contribution is 7.67. The summed E-state index contributed by atoms with van der Waals surface area (Å²) in [6, 6.07) is 13.9. The molecule has 0 spiro atoms. The van der Waals surface area contributed by atoms with Crippen molar-refractivity contribution in [3.63, 3.8) is 0 Å². The van der Waals surface area contributed by atoms with E-state index in [0.717, 1.165) is 0 Å². The summed E-state index contributed by atoms with van der Waals surface area (Å²) >= 11 is 6.18. The standard InChI is InChI=1S/C15H7ClN2O2S/c16-11-4-5-12-13(7-11)20-15(18-12)14(21-19)10-3-1-2-9(6-10)8-17/h1-7H. The largest absolute Gasteiger partial charge is 0.435 e. The van der Waals surface area contributed by atoms with Crippen LogP contribution in [-0.2, 0) is 11.3 Å². The predicted molar refractivity (Wildman–Crippen MR) is 81.5 cm³/mol. The minimum absolute atomic E-state index is 0.224. The van der Waals surface area contributed by atoms with Gasteiger partial charge < -0.3 is 4.42 Å². The average Bonchev–Trinajstić information content (AvgIpc) is 2.91. The fourth-order valence-electron chi connectivity index (χ4n) is 1.93. The zero-order valence-corrected chi connectivity index (χ0v) is 12.1. The number of fused-ring (bicyclic) bond motifs is 1. The molecule has 0 aliphatic carbocycles. The third kappa shape index (κ3) is 2.59. The molecule has 0 N–H and O–H groups in total. The maximum atomic E-state index is 11.4. The molecule has 0 saturated carbocycles. The molecule has 0 radical (unpaired) electrons. The molecule has 1 heterocycles. The molecule has 102 valence electrons. The molecule has 3 rings (SSSR count). The molecular weight excluding hydrogens is 308 g/mol. The van der Waals surface area contributed by atoms with Crippen LogP contribution in [0.4, 0.5) is 0 Å². The molecule has 0 saturated heterocycles. The first kappa shape index (κ1) is 13.6. The minimum Gasteiger partial charge on any atom is -0.435 e. The van der Waals surface area contributed by atoms with Crippen LogP contribution in [0.25, 0.3) is 11.1 Å². The first-order valence-electron chi connectivity index (χ1n) is 5.95. The Bertz CT molecular complexity index is 936. The number of nitriles is 1. The lowest BCUT2D eigenvalue weighted by molar-refractivity contribution is 0.592. The molecular formula is C15H7ClN2O2S. The maximum Gasteiger partial charge on any atom is 0.241 e. The molecule has 21 heavy (non-hydrogen) atoms. The van der Waals surface area contributed by atoms with Gasteiger partial charge in [0.25, 0.3) is 0 Å². The Morgan fingerprint density at radius 2 is 2.14 bits per heavy atom. The van der Waals surface area contributed by atoms with Crippen LogP contribution < -0.4 is 0 Å². The molecule has 0 unspecified atom stereocenters. The van der Waals surface area contributed by atoms with E-state index in [2.05, 4.69) is 4.98 Å². The quantitative estimate of drug-likeness (QED) is 0.538. The van der Waals surface area contributed by atoms with Crippen molar-refractivity contribution in [3.8, 4) is 6.07 Å². The maximum absolute atomic E-state index is 11.4. The van der Waals surface area contributed by atoms with E-state index in [1.165, 1.54) is 0 Å². The van der Waals surface area contributed by atoms with E-state index in [-0.39, 0.29) is 17.1 Å². The smallest absolute Gasteiger partial charge is 0.241 e. The molecule has 0 aliphatic heterocycles. The Morgan fingerprint density at radius 1 is 1.29 bits per heavy atom. The summed E-state index contributed by atoms with van der Waals surface area (Å²) in [6.45, 7) is 0. The van der Waals surface area contributed by atoms with Gasteiger partial charge in [-0.1, -0.05) is 23.7 Å². The van der Waals surface area contributed by atoms with Gasteiger partial charge in [-0.25, -0.2) is 9.19 Å². The van der Waals surface area contributed by atoms with Crippen LogP contribution in [0.5, 0.6) is 0 Å². The van der Waals surface area contributed by atoms with Gasteiger partial charge in [-0.3, -0.25) is 0 Å². The molecule has 3 aromatic rings. The Morgan fingerprint density at radius 3 is 2.90 bits per heavy atom. The van der Waals surface area contributed by atoms with Gasteiger partial charge in [-0.15, -0.1) is 0 Å². The molecule has 0 fully saturated rings. The molecule has 4 nitrogen and oxygen atoms in total. The summed E-state index contributed by atoms with van der Waals surface area (Å²) in [5.41, 5.74) is 2.21. The fraction of sp³-hybridized carbons (Fsp3) is 0. The number of halogens is 1. The lowest BCUT2D eigenvalue weighted by Gasteiger charge is -1.99. The summed E-state index contributed by atoms with van der Waals surface area (Å²) in [7, 11) is 0. The van der Waals surface area contributed by atoms with Crippen molar-refractivity contribution in [3.05, 3.63) is 64.5 Å². The number of hydrogen-bond donors (Lipinski definition) is 0. The van der Waals surface area contributed by atoms with E-state index in [1.807, 2.05) is 6.07 Å². The fourth-order valence-corrected chi connectivity index (χ4v) is 2.48. The first-order chi connectivity index (χ1) is 10.2. The molecule has 0 bridgehead atoms. The van der Waals surface area contributed by atoms with Crippen LogP contribution in [-0.4, -0.2) is 14.1 Å². The molecule has 0 aliphatic rings. The highest BCUT2D eigenvalue weighted by atomic mass is 35.5. The van der Waals surface area contributed by atoms with Crippen molar-refractivity contribution < 1.29 is 8.63 Å². The molecule has 2 aromatic carbocycles. The van der Waals surface area contributed by atoms with Crippen LogP contribution in [0.2, 0.25) is 5.02 Å². The zero-order chi connectivity index (χ0) is 14.8. The van der Waals surface area contributed by atoms with Crippen molar-refractivity contribution in [1.29, 1.82) is 5.26 Å². The zero-order valence-electron chi connectivity index (χ0n) is 10.5. The third-order valence-corrected chi connectivity index (χ3v) is 3.69. The number of hydrogen-bond acceptors (Lipinski definition) is 4. The van der Waals surface area contributed by atoms with Crippen LogP contribution >= 0.6 is 11.6 Å². The van der Waals surface area contributed by atoms with E-state index >= 15 is 0 Å². The monoisotopic (exact) mass is 314 g/mol. The van der Waals surface area contributed by atoms with Gasteiger partial charge in [0.1, 0.15) is 21.6 Å². The molecule has 1 aromatic heterocycles. The second-order valence-electron chi connectivity index (χ2n) is 4.24. The topological polar surface area (TPSA) is 66.9 Å². The summed E-state index contributed by atoms with van der Waals surface area (Å²) in [5, 5.41) is 9.47. The highest BCUT2D eigenvalue weighted by Crippen LogP contribution is 2.21. The van der Waals surface area contributed by atoms with Gasteiger partial charge in [0, 0.05) is 16.7 Å². The Hall–Kier alpha value is -2.42. The number of aromatic nitrogens is 1. The summed E-state index contributed by atoms with van der Waals surface area (Å²) < 4.78 is 17.0. The second kappa shape index (κ2) is 5.52.